The minimum absolute atomic E-state index is 0.000593. The van der Waals surface area contributed by atoms with E-state index >= 15 is 0 Å². The number of rotatable bonds is 4. The molecule has 0 unspecified atom stereocenters. The predicted molar refractivity (Wildman–Crippen MR) is 91.0 cm³/mol. The summed E-state index contributed by atoms with van der Waals surface area (Å²) in [6, 6.07) is 6.59. The second kappa shape index (κ2) is 6.23. The second-order valence-electron chi connectivity index (χ2n) is 7.12. The third-order valence-electron chi connectivity index (χ3n) is 5.23. The molecule has 2 aliphatic rings. The van der Waals surface area contributed by atoms with Crippen LogP contribution in [0.1, 0.15) is 31.5 Å². The summed E-state index contributed by atoms with van der Waals surface area (Å²) in [7, 11) is -3.21. The van der Waals surface area contributed by atoms with E-state index in [1.54, 1.807) is 24.3 Å². The number of para-hydroxylation sites is 2. The molecule has 142 valence electrons. The summed E-state index contributed by atoms with van der Waals surface area (Å²) >= 11 is 0. The lowest BCUT2D eigenvalue weighted by Gasteiger charge is -2.31. The lowest BCUT2D eigenvalue weighted by atomic mass is 9.98. The number of alkyl halides is 3. The molecule has 2 heterocycles. The Morgan fingerprint density at radius 2 is 1.73 bits per heavy atom. The molecule has 9 heteroatoms. The van der Waals surface area contributed by atoms with Gasteiger partial charge in [-0.1, -0.05) is 12.1 Å². The fourth-order valence-electron chi connectivity index (χ4n) is 3.66. The molecular formula is C17H20F3N3O2S. The maximum absolute atomic E-state index is 13.4. The van der Waals surface area contributed by atoms with E-state index in [0.717, 1.165) is 12.8 Å². The smallest absolute Gasteiger partial charge is 0.320 e. The van der Waals surface area contributed by atoms with E-state index in [2.05, 4.69) is 4.98 Å². The summed E-state index contributed by atoms with van der Waals surface area (Å²) in [5.74, 6) is -0.883. The summed E-state index contributed by atoms with van der Waals surface area (Å²) in [5.41, 5.74) is 0.793. The number of benzene rings is 1. The Morgan fingerprint density at radius 3 is 2.35 bits per heavy atom. The van der Waals surface area contributed by atoms with Gasteiger partial charge in [0.2, 0.25) is 15.8 Å². The summed E-state index contributed by atoms with van der Waals surface area (Å²) < 4.78 is 67.5. The fourth-order valence-corrected chi connectivity index (χ4v) is 5.53. The Morgan fingerprint density at radius 1 is 1.08 bits per heavy atom. The van der Waals surface area contributed by atoms with Crippen LogP contribution in [0.5, 0.6) is 0 Å². The van der Waals surface area contributed by atoms with Gasteiger partial charge in [-0.05, 0) is 43.7 Å². The Labute approximate surface area is 149 Å². The molecule has 0 spiro atoms. The minimum Gasteiger partial charge on any atom is -0.320 e. The van der Waals surface area contributed by atoms with Crippen molar-refractivity contribution in [3.63, 3.8) is 0 Å². The van der Waals surface area contributed by atoms with Gasteiger partial charge in [0.05, 0.1) is 16.3 Å². The number of nitrogens with zero attached hydrogens (tertiary/aromatic N) is 3. The summed E-state index contributed by atoms with van der Waals surface area (Å²) in [6.45, 7) is 0.974. The molecule has 1 aromatic carbocycles. The molecule has 0 N–H and O–H groups in total. The molecule has 26 heavy (non-hydrogen) atoms. The molecule has 2 aromatic rings. The summed E-state index contributed by atoms with van der Waals surface area (Å²) in [5, 5.41) is -0.242. The minimum atomic E-state index is -4.52. The molecule has 0 atom stereocenters. The van der Waals surface area contributed by atoms with Gasteiger partial charge in [-0.3, -0.25) is 0 Å². The molecule has 1 aliphatic carbocycles. The van der Waals surface area contributed by atoms with E-state index in [1.807, 2.05) is 0 Å². The molecule has 0 radical (unpaired) electrons. The van der Waals surface area contributed by atoms with Gasteiger partial charge in [-0.2, -0.15) is 13.2 Å². The van der Waals surface area contributed by atoms with E-state index in [4.69, 9.17) is 0 Å². The van der Waals surface area contributed by atoms with Crippen molar-refractivity contribution in [3.8, 4) is 0 Å². The van der Waals surface area contributed by atoms with Gasteiger partial charge in [0.1, 0.15) is 0 Å². The van der Waals surface area contributed by atoms with Crippen LogP contribution in [-0.4, -0.2) is 40.6 Å². The van der Waals surface area contributed by atoms with Gasteiger partial charge >= 0.3 is 6.18 Å². The van der Waals surface area contributed by atoms with Crippen LogP contribution in [-0.2, 0) is 22.7 Å². The maximum Gasteiger partial charge on any atom is 0.449 e. The quantitative estimate of drug-likeness (QED) is 0.809. The van der Waals surface area contributed by atoms with Crippen molar-refractivity contribution >= 4 is 21.1 Å². The normalized spacial score (nSPS) is 20.7. The Bertz CT molecular complexity index is 911. The summed E-state index contributed by atoms with van der Waals surface area (Å²) in [4.78, 5) is 3.77. The van der Waals surface area contributed by atoms with Gasteiger partial charge in [0.25, 0.3) is 0 Å². The Hall–Kier alpha value is -1.61. The molecule has 5 nitrogen and oxygen atoms in total. The lowest BCUT2D eigenvalue weighted by Crippen LogP contribution is -2.41. The van der Waals surface area contributed by atoms with E-state index in [9.17, 15) is 21.6 Å². The zero-order valence-electron chi connectivity index (χ0n) is 14.1. The molecular weight excluding hydrogens is 367 g/mol. The van der Waals surface area contributed by atoms with Crippen LogP contribution in [0.2, 0.25) is 0 Å². The van der Waals surface area contributed by atoms with Crippen molar-refractivity contribution in [1.82, 2.24) is 13.9 Å². The zero-order valence-corrected chi connectivity index (χ0v) is 14.9. The predicted octanol–water partition coefficient (Wildman–Crippen LogP) is 3.26. The third-order valence-corrected chi connectivity index (χ3v) is 7.63. The number of aromatic nitrogens is 2. The molecule has 1 saturated heterocycles. The van der Waals surface area contributed by atoms with Crippen LogP contribution in [0.15, 0.2) is 24.3 Å². The van der Waals surface area contributed by atoms with Gasteiger partial charge in [-0.25, -0.2) is 17.7 Å². The highest BCUT2D eigenvalue weighted by Gasteiger charge is 2.42. The Kier molecular flexibility index (Phi) is 4.26. The number of halogens is 3. The van der Waals surface area contributed by atoms with Gasteiger partial charge < -0.3 is 4.57 Å². The first-order chi connectivity index (χ1) is 12.3. The molecule has 1 aromatic heterocycles. The average molecular weight is 387 g/mol. The Balaban J connectivity index is 1.53. The third kappa shape index (κ3) is 3.22. The highest BCUT2D eigenvalue weighted by molar-refractivity contribution is 7.90. The van der Waals surface area contributed by atoms with Crippen LogP contribution in [0, 0.1) is 5.92 Å². The first-order valence-electron chi connectivity index (χ1n) is 8.78. The van der Waals surface area contributed by atoms with Crippen molar-refractivity contribution in [1.29, 1.82) is 0 Å². The van der Waals surface area contributed by atoms with Crippen LogP contribution in [0.4, 0.5) is 13.2 Å². The van der Waals surface area contributed by atoms with E-state index in [1.165, 1.54) is 8.87 Å². The van der Waals surface area contributed by atoms with Crippen LogP contribution in [0.3, 0.4) is 0 Å². The molecule has 2 fully saturated rings. The van der Waals surface area contributed by atoms with Crippen molar-refractivity contribution < 1.29 is 21.6 Å². The van der Waals surface area contributed by atoms with Crippen molar-refractivity contribution in [2.45, 2.75) is 43.7 Å². The largest absolute Gasteiger partial charge is 0.449 e. The first kappa shape index (κ1) is 17.8. The van der Waals surface area contributed by atoms with Gasteiger partial charge in [-0.15, -0.1) is 0 Å². The van der Waals surface area contributed by atoms with Gasteiger partial charge in [0, 0.05) is 19.6 Å². The topological polar surface area (TPSA) is 55.2 Å². The maximum atomic E-state index is 13.4. The number of imidazole rings is 1. The SMILES string of the molecule is O=S(=O)(C1CC1)N1CCC(Cn2c(C(F)(F)F)nc3ccccc32)CC1. The molecule has 0 bridgehead atoms. The van der Waals surface area contributed by atoms with E-state index in [0.29, 0.717) is 37.0 Å². The van der Waals surface area contributed by atoms with Crippen molar-refractivity contribution in [3.05, 3.63) is 30.1 Å². The first-order valence-corrected chi connectivity index (χ1v) is 10.3. The highest BCUT2D eigenvalue weighted by atomic mass is 32.2. The number of piperidine rings is 1. The average Bonchev–Trinajstić information content (AvgIpc) is 3.39. The lowest BCUT2D eigenvalue weighted by molar-refractivity contribution is -0.147. The molecule has 0 amide bonds. The van der Waals surface area contributed by atoms with Crippen LogP contribution in [0.25, 0.3) is 11.0 Å². The molecule has 1 saturated carbocycles. The van der Waals surface area contributed by atoms with Crippen LogP contribution >= 0.6 is 0 Å². The van der Waals surface area contributed by atoms with Crippen molar-refractivity contribution in [2.75, 3.05) is 13.1 Å². The summed E-state index contributed by atoms with van der Waals surface area (Å²) in [6.07, 6.45) is -1.95. The fraction of sp³-hybridized carbons (Fsp3) is 0.588. The molecule has 4 rings (SSSR count). The van der Waals surface area contributed by atoms with Crippen LogP contribution < -0.4 is 0 Å². The monoisotopic (exact) mass is 387 g/mol. The number of hydrogen-bond acceptors (Lipinski definition) is 3. The highest BCUT2D eigenvalue weighted by Crippen LogP contribution is 2.35. The van der Waals surface area contributed by atoms with E-state index in [-0.39, 0.29) is 17.7 Å². The standard InChI is InChI=1S/C17H20F3N3O2S/c18-17(19,20)16-21-14-3-1-2-4-15(14)23(16)11-12-7-9-22(10-8-12)26(24,25)13-5-6-13/h1-4,12-13H,5-11H2. The number of sulfonamides is 1. The van der Waals surface area contributed by atoms with Crippen molar-refractivity contribution in [2.24, 2.45) is 5.92 Å². The molecule has 1 aliphatic heterocycles. The zero-order chi connectivity index (χ0) is 18.5. The van der Waals surface area contributed by atoms with Gasteiger partial charge in [0.15, 0.2) is 0 Å². The second-order valence-corrected chi connectivity index (χ2v) is 9.33. The van der Waals surface area contributed by atoms with E-state index < -0.39 is 22.0 Å². The number of fused-ring (bicyclic) bond motifs is 1. The number of hydrogen-bond donors (Lipinski definition) is 0.